The van der Waals surface area contributed by atoms with Gasteiger partial charge in [-0.2, -0.15) is 0 Å². The van der Waals surface area contributed by atoms with Crippen LogP contribution in [-0.2, 0) is 4.79 Å². The van der Waals surface area contributed by atoms with Gasteiger partial charge in [0.2, 0.25) is 0 Å². The Morgan fingerprint density at radius 2 is 2.17 bits per heavy atom. The highest BCUT2D eigenvalue weighted by atomic mass is 16.3. The van der Waals surface area contributed by atoms with Crippen molar-refractivity contribution in [2.24, 2.45) is 17.8 Å². The average Bonchev–Trinajstić information content (AvgIpc) is 2.05. The number of rotatable bonds is 0. The highest BCUT2D eigenvalue weighted by Crippen LogP contribution is 2.48. The number of hydrogen-bond acceptors (Lipinski definition) is 2. The number of carbonyl (C=O) groups is 1. The summed E-state index contributed by atoms with van der Waals surface area (Å²) < 4.78 is 0. The molecule has 66 valence electrons. The van der Waals surface area contributed by atoms with Crippen molar-refractivity contribution in [3.63, 3.8) is 0 Å². The summed E-state index contributed by atoms with van der Waals surface area (Å²) in [6, 6.07) is 0. The van der Waals surface area contributed by atoms with Gasteiger partial charge in [0.05, 0.1) is 0 Å². The molecule has 0 aromatic heterocycles. The van der Waals surface area contributed by atoms with Gasteiger partial charge in [-0.1, -0.05) is 26.0 Å². The minimum Gasteiger partial charge on any atom is -0.381 e. The molecule has 0 amide bonds. The van der Waals surface area contributed by atoms with E-state index in [0.29, 0.717) is 12.3 Å². The van der Waals surface area contributed by atoms with Crippen LogP contribution in [0.3, 0.4) is 0 Å². The summed E-state index contributed by atoms with van der Waals surface area (Å²) in [7, 11) is 0. The summed E-state index contributed by atoms with van der Waals surface area (Å²) in [6.07, 6.45) is 4.63. The molecule has 0 spiro atoms. The Hall–Kier alpha value is -0.630. The Labute approximate surface area is 72.3 Å². The van der Waals surface area contributed by atoms with Crippen LogP contribution in [0.15, 0.2) is 12.2 Å². The molecule has 1 saturated carbocycles. The highest BCUT2D eigenvalue weighted by molar-refractivity contribution is 5.95. The molecule has 0 radical (unpaired) electrons. The summed E-state index contributed by atoms with van der Waals surface area (Å²) in [5, 5.41) is 10.0. The van der Waals surface area contributed by atoms with E-state index in [0.717, 1.165) is 0 Å². The molecule has 1 fully saturated rings. The van der Waals surface area contributed by atoms with Crippen molar-refractivity contribution in [3.05, 3.63) is 12.2 Å². The molecule has 2 aliphatic rings. The second-order valence-electron chi connectivity index (χ2n) is 4.09. The zero-order valence-electron chi connectivity index (χ0n) is 7.45. The molecule has 0 aliphatic heterocycles. The van der Waals surface area contributed by atoms with E-state index in [9.17, 15) is 9.90 Å². The predicted molar refractivity (Wildman–Crippen MR) is 45.5 cm³/mol. The van der Waals surface area contributed by atoms with Crippen LogP contribution in [0.5, 0.6) is 0 Å². The first-order valence-electron chi connectivity index (χ1n) is 4.50. The van der Waals surface area contributed by atoms with Crippen molar-refractivity contribution in [1.82, 2.24) is 0 Å². The number of hydrogen-bond donors (Lipinski definition) is 1. The number of carbonyl (C=O) groups excluding carboxylic acids is 1. The van der Waals surface area contributed by atoms with Crippen molar-refractivity contribution in [3.8, 4) is 0 Å². The monoisotopic (exact) mass is 166 g/mol. The van der Waals surface area contributed by atoms with E-state index in [1.807, 2.05) is 13.0 Å². The van der Waals surface area contributed by atoms with Gasteiger partial charge in [0.15, 0.2) is 5.78 Å². The van der Waals surface area contributed by atoms with Crippen LogP contribution >= 0.6 is 0 Å². The lowest BCUT2D eigenvalue weighted by Gasteiger charge is -2.51. The van der Waals surface area contributed by atoms with Crippen LogP contribution in [0, 0.1) is 17.8 Å². The highest BCUT2D eigenvalue weighted by Gasteiger charge is 2.58. The molecule has 2 aliphatic carbocycles. The maximum absolute atomic E-state index is 11.3. The maximum Gasteiger partial charge on any atom is 0.165 e. The lowest BCUT2D eigenvalue weighted by molar-refractivity contribution is -0.175. The number of ketones is 1. The topological polar surface area (TPSA) is 37.3 Å². The Kier molecular flexibility index (Phi) is 1.46. The van der Waals surface area contributed by atoms with Crippen molar-refractivity contribution < 1.29 is 9.90 Å². The fourth-order valence-corrected chi connectivity index (χ4v) is 2.40. The molecule has 2 heteroatoms. The Morgan fingerprint density at radius 3 is 2.67 bits per heavy atom. The van der Waals surface area contributed by atoms with Crippen molar-refractivity contribution >= 4 is 5.78 Å². The number of fused-ring (bicyclic) bond motifs is 1. The quantitative estimate of drug-likeness (QED) is 0.548. The third-order valence-electron chi connectivity index (χ3n) is 3.45. The molecule has 0 bridgehead atoms. The van der Waals surface area contributed by atoms with E-state index < -0.39 is 5.60 Å². The van der Waals surface area contributed by atoms with E-state index in [2.05, 4.69) is 13.0 Å². The van der Waals surface area contributed by atoms with Crippen LogP contribution in [0.1, 0.15) is 20.3 Å². The minimum atomic E-state index is -1.02. The fourth-order valence-electron chi connectivity index (χ4n) is 2.40. The first-order valence-corrected chi connectivity index (χ1v) is 4.50. The zero-order valence-corrected chi connectivity index (χ0v) is 7.45. The lowest BCUT2D eigenvalue weighted by Crippen LogP contribution is -2.63. The maximum atomic E-state index is 11.3. The summed E-state index contributed by atoms with van der Waals surface area (Å²) in [5.74, 6) is 0.546. The van der Waals surface area contributed by atoms with Crippen LogP contribution < -0.4 is 0 Å². The summed E-state index contributed by atoms with van der Waals surface area (Å²) in [4.78, 5) is 11.3. The van der Waals surface area contributed by atoms with Crippen molar-refractivity contribution in [2.75, 3.05) is 0 Å². The second kappa shape index (κ2) is 2.19. The SMILES string of the molecule is C[C@@H]1C=C[C@H](C)[C@]2(O)C(=O)C[C@H]12. The van der Waals surface area contributed by atoms with E-state index in [4.69, 9.17) is 0 Å². The van der Waals surface area contributed by atoms with E-state index in [1.165, 1.54) is 0 Å². The van der Waals surface area contributed by atoms with Gasteiger partial charge in [-0.3, -0.25) is 4.79 Å². The molecular formula is C10H14O2. The standard InChI is InChI=1S/C10H14O2/c1-6-3-4-7(2)10(12)8(6)5-9(10)11/h3-4,6-8,12H,5H2,1-2H3/t6-,7+,8-,10-/m1/s1. The molecule has 0 aromatic rings. The van der Waals surface area contributed by atoms with Crippen LogP contribution in [-0.4, -0.2) is 16.5 Å². The molecule has 2 rings (SSSR count). The molecule has 0 unspecified atom stereocenters. The predicted octanol–water partition coefficient (Wildman–Crippen LogP) is 1.15. The van der Waals surface area contributed by atoms with Gasteiger partial charge in [-0.05, 0) is 5.92 Å². The number of Topliss-reactive ketones (excluding diaryl/α,β-unsaturated/α-hetero) is 1. The van der Waals surface area contributed by atoms with Crippen molar-refractivity contribution in [2.45, 2.75) is 25.9 Å². The van der Waals surface area contributed by atoms with Gasteiger partial charge in [0, 0.05) is 18.3 Å². The van der Waals surface area contributed by atoms with Crippen LogP contribution in [0.25, 0.3) is 0 Å². The van der Waals surface area contributed by atoms with Gasteiger partial charge < -0.3 is 5.11 Å². The van der Waals surface area contributed by atoms with Gasteiger partial charge in [-0.15, -0.1) is 0 Å². The van der Waals surface area contributed by atoms with Crippen molar-refractivity contribution in [1.29, 1.82) is 0 Å². The Bertz CT molecular complexity index is 257. The fraction of sp³-hybridized carbons (Fsp3) is 0.700. The second-order valence-corrected chi connectivity index (χ2v) is 4.09. The normalized spacial score (nSPS) is 51.6. The summed E-state index contributed by atoms with van der Waals surface area (Å²) >= 11 is 0. The molecule has 0 saturated heterocycles. The lowest BCUT2D eigenvalue weighted by atomic mass is 9.55. The van der Waals surface area contributed by atoms with Crippen LogP contribution in [0.2, 0.25) is 0 Å². The summed E-state index contributed by atoms with van der Waals surface area (Å²) in [6.45, 7) is 3.97. The largest absolute Gasteiger partial charge is 0.381 e. The molecule has 0 aromatic carbocycles. The molecule has 4 atom stereocenters. The number of allylic oxidation sites excluding steroid dienone is 1. The molecule has 2 nitrogen and oxygen atoms in total. The van der Waals surface area contributed by atoms with E-state index in [1.54, 1.807) is 0 Å². The van der Waals surface area contributed by atoms with E-state index in [-0.39, 0.29) is 17.6 Å². The van der Waals surface area contributed by atoms with Gasteiger partial charge in [0.25, 0.3) is 0 Å². The molecular weight excluding hydrogens is 152 g/mol. The van der Waals surface area contributed by atoms with Gasteiger partial charge in [-0.25, -0.2) is 0 Å². The Morgan fingerprint density at radius 1 is 1.50 bits per heavy atom. The molecule has 12 heavy (non-hydrogen) atoms. The van der Waals surface area contributed by atoms with E-state index >= 15 is 0 Å². The van der Waals surface area contributed by atoms with Gasteiger partial charge >= 0.3 is 0 Å². The minimum absolute atomic E-state index is 0.0000463. The Balaban J connectivity index is 2.36. The molecule has 0 heterocycles. The average molecular weight is 166 g/mol. The van der Waals surface area contributed by atoms with Crippen LogP contribution in [0.4, 0.5) is 0 Å². The smallest absolute Gasteiger partial charge is 0.165 e. The molecule has 1 N–H and O–H groups in total. The first kappa shape index (κ1) is 7.99. The third-order valence-corrected chi connectivity index (χ3v) is 3.45. The number of aliphatic hydroxyl groups is 1. The zero-order chi connectivity index (χ0) is 8.93. The van der Waals surface area contributed by atoms with Gasteiger partial charge in [0.1, 0.15) is 5.60 Å². The third kappa shape index (κ3) is 0.712. The summed E-state index contributed by atoms with van der Waals surface area (Å²) in [5.41, 5.74) is -1.02. The first-order chi connectivity index (χ1) is 5.56.